The molecular weight excluding hydrogens is 296 g/mol. The zero-order valence-electron chi connectivity index (χ0n) is 12.5. The molecule has 0 atom stereocenters. The van der Waals surface area contributed by atoms with E-state index in [1.54, 1.807) is 6.07 Å². The number of nitrogens with zero attached hydrogens (tertiary/aromatic N) is 2. The first kappa shape index (κ1) is 14.1. The quantitative estimate of drug-likeness (QED) is 0.750. The molecule has 1 amide bonds. The number of fused-ring (bicyclic) bond motifs is 3. The normalized spacial score (nSPS) is 17.0. The van der Waals surface area contributed by atoms with Crippen molar-refractivity contribution < 1.29 is 14.3 Å². The van der Waals surface area contributed by atoms with Gasteiger partial charge in [0.05, 0.1) is 31.0 Å². The SMILES string of the molecule is O=C(CN1CCOCC1)Nc1n[nH]c2c1C(=O)c1ccccc1-2. The van der Waals surface area contributed by atoms with Crippen LogP contribution in [0, 0.1) is 0 Å². The maximum Gasteiger partial charge on any atom is 0.239 e. The molecule has 1 aliphatic heterocycles. The molecule has 1 aliphatic carbocycles. The van der Waals surface area contributed by atoms with Gasteiger partial charge in [0.15, 0.2) is 11.6 Å². The fourth-order valence-electron chi connectivity index (χ4n) is 3.02. The largest absolute Gasteiger partial charge is 0.379 e. The Morgan fingerprint density at radius 2 is 2.00 bits per heavy atom. The molecule has 23 heavy (non-hydrogen) atoms. The van der Waals surface area contributed by atoms with Crippen LogP contribution in [0.1, 0.15) is 15.9 Å². The van der Waals surface area contributed by atoms with Crippen molar-refractivity contribution in [2.24, 2.45) is 0 Å². The number of H-pyrrole nitrogens is 1. The second kappa shape index (κ2) is 5.60. The molecule has 1 aromatic carbocycles. The van der Waals surface area contributed by atoms with Crippen LogP contribution in [0.25, 0.3) is 11.3 Å². The minimum Gasteiger partial charge on any atom is -0.379 e. The van der Waals surface area contributed by atoms with Crippen molar-refractivity contribution in [3.05, 3.63) is 35.4 Å². The maximum atomic E-state index is 12.5. The van der Waals surface area contributed by atoms with Gasteiger partial charge in [-0.05, 0) is 0 Å². The van der Waals surface area contributed by atoms with Gasteiger partial charge in [-0.1, -0.05) is 24.3 Å². The van der Waals surface area contributed by atoms with E-state index in [-0.39, 0.29) is 18.2 Å². The molecule has 118 valence electrons. The van der Waals surface area contributed by atoms with Crippen LogP contribution in [0.3, 0.4) is 0 Å². The van der Waals surface area contributed by atoms with Gasteiger partial charge in [-0.3, -0.25) is 19.6 Å². The van der Waals surface area contributed by atoms with Gasteiger partial charge >= 0.3 is 0 Å². The summed E-state index contributed by atoms with van der Waals surface area (Å²) in [6.45, 7) is 3.01. The van der Waals surface area contributed by atoms with E-state index >= 15 is 0 Å². The van der Waals surface area contributed by atoms with E-state index in [1.165, 1.54) is 0 Å². The van der Waals surface area contributed by atoms with Gasteiger partial charge in [-0.25, -0.2) is 0 Å². The molecule has 1 saturated heterocycles. The van der Waals surface area contributed by atoms with Crippen LogP contribution in [0.15, 0.2) is 24.3 Å². The third-order valence-electron chi connectivity index (χ3n) is 4.16. The van der Waals surface area contributed by atoms with Crippen LogP contribution in [0.5, 0.6) is 0 Å². The smallest absolute Gasteiger partial charge is 0.239 e. The average Bonchev–Trinajstić information content (AvgIpc) is 3.09. The molecule has 0 bridgehead atoms. The Morgan fingerprint density at radius 1 is 1.26 bits per heavy atom. The first-order valence-corrected chi connectivity index (χ1v) is 7.56. The second-order valence-electron chi connectivity index (χ2n) is 5.63. The number of ether oxygens (including phenoxy) is 1. The molecule has 2 heterocycles. The average molecular weight is 312 g/mol. The van der Waals surface area contributed by atoms with Crippen LogP contribution < -0.4 is 5.32 Å². The molecule has 2 aliphatic rings. The van der Waals surface area contributed by atoms with E-state index in [4.69, 9.17) is 4.74 Å². The highest BCUT2D eigenvalue weighted by Gasteiger charge is 2.32. The van der Waals surface area contributed by atoms with Crippen molar-refractivity contribution in [3.63, 3.8) is 0 Å². The summed E-state index contributed by atoms with van der Waals surface area (Å²) in [5, 5.41) is 9.71. The lowest BCUT2D eigenvalue weighted by atomic mass is 10.1. The fourth-order valence-corrected chi connectivity index (χ4v) is 3.02. The molecule has 1 fully saturated rings. The fraction of sp³-hybridized carbons (Fsp3) is 0.312. The summed E-state index contributed by atoms with van der Waals surface area (Å²) in [6.07, 6.45) is 0. The summed E-state index contributed by atoms with van der Waals surface area (Å²) in [7, 11) is 0. The van der Waals surface area contributed by atoms with E-state index in [2.05, 4.69) is 15.5 Å². The predicted octanol–water partition coefficient (Wildman–Crippen LogP) is 0.892. The maximum absolute atomic E-state index is 12.5. The number of hydrogen-bond acceptors (Lipinski definition) is 5. The molecular formula is C16H16N4O3. The van der Waals surface area contributed by atoms with Gasteiger partial charge in [0.2, 0.25) is 5.91 Å². The van der Waals surface area contributed by atoms with E-state index in [9.17, 15) is 9.59 Å². The number of aromatic amines is 1. The number of ketones is 1. The Labute approximate surface area is 132 Å². The third kappa shape index (κ3) is 2.43. The summed E-state index contributed by atoms with van der Waals surface area (Å²) in [4.78, 5) is 26.7. The van der Waals surface area contributed by atoms with Gasteiger partial charge in [-0.15, -0.1) is 0 Å². The number of carbonyl (C=O) groups is 2. The highest BCUT2D eigenvalue weighted by Crippen LogP contribution is 2.38. The van der Waals surface area contributed by atoms with Crippen LogP contribution in [-0.4, -0.2) is 59.6 Å². The topological polar surface area (TPSA) is 87.3 Å². The van der Waals surface area contributed by atoms with Crippen molar-refractivity contribution in [1.82, 2.24) is 15.1 Å². The number of carbonyl (C=O) groups excluding carboxylic acids is 2. The number of amides is 1. The molecule has 7 heteroatoms. The second-order valence-corrected chi connectivity index (χ2v) is 5.63. The van der Waals surface area contributed by atoms with Crippen LogP contribution in [0.4, 0.5) is 5.82 Å². The van der Waals surface area contributed by atoms with E-state index in [1.807, 2.05) is 23.1 Å². The van der Waals surface area contributed by atoms with Crippen LogP contribution >= 0.6 is 0 Å². The summed E-state index contributed by atoms with van der Waals surface area (Å²) in [5.74, 6) is 0.0236. The number of nitrogens with one attached hydrogen (secondary N) is 2. The minimum atomic E-state index is -0.176. The van der Waals surface area contributed by atoms with Crippen molar-refractivity contribution >= 4 is 17.5 Å². The predicted molar refractivity (Wildman–Crippen MR) is 83.3 cm³/mol. The van der Waals surface area contributed by atoms with E-state index < -0.39 is 0 Å². The van der Waals surface area contributed by atoms with Gasteiger partial charge in [0, 0.05) is 24.2 Å². The number of hydrogen-bond donors (Lipinski definition) is 2. The molecule has 0 unspecified atom stereocenters. The summed E-state index contributed by atoms with van der Waals surface area (Å²) in [5.41, 5.74) is 2.59. The van der Waals surface area contributed by atoms with Crippen LogP contribution in [-0.2, 0) is 9.53 Å². The Hall–Kier alpha value is -2.51. The van der Waals surface area contributed by atoms with Crippen molar-refractivity contribution in [3.8, 4) is 11.3 Å². The Kier molecular flexibility index (Phi) is 3.44. The number of aromatic nitrogens is 2. The molecule has 7 nitrogen and oxygen atoms in total. The van der Waals surface area contributed by atoms with Crippen LogP contribution in [0.2, 0.25) is 0 Å². The third-order valence-corrected chi connectivity index (χ3v) is 4.16. The highest BCUT2D eigenvalue weighted by atomic mass is 16.5. The number of benzene rings is 1. The van der Waals surface area contributed by atoms with Crippen molar-refractivity contribution in [2.45, 2.75) is 0 Å². The number of rotatable bonds is 3. The molecule has 0 saturated carbocycles. The molecule has 2 N–H and O–H groups in total. The zero-order chi connectivity index (χ0) is 15.8. The van der Waals surface area contributed by atoms with Gasteiger partial charge in [-0.2, -0.15) is 5.10 Å². The monoisotopic (exact) mass is 312 g/mol. The molecule has 1 aromatic heterocycles. The van der Waals surface area contributed by atoms with Gasteiger partial charge < -0.3 is 10.1 Å². The molecule has 0 spiro atoms. The van der Waals surface area contributed by atoms with Crippen molar-refractivity contribution in [2.75, 3.05) is 38.2 Å². The lowest BCUT2D eigenvalue weighted by Crippen LogP contribution is -2.41. The standard InChI is InChI=1S/C16H16N4O3/c21-12(9-20-5-7-23-8-6-20)17-16-13-14(18-19-16)10-3-1-2-4-11(10)15(13)22/h1-4H,5-9H2,(H2,17,18,19,21). The van der Waals surface area contributed by atoms with Gasteiger partial charge in [0.1, 0.15) is 0 Å². The Balaban J connectivity index is 1.53. The lowest BCUT2D eigenvalue weighted by molar-refractivity contribution is -0.118. The Morgan fingerprint density at radius 3 is 2.78 bits per heavy atom. The first-order chi connectivity index (χ1) is 11.2. The van der Waals surface area contributed by atoms with E-state index in [0.717, 1.165) is 18.7 Å². The first-order valence-electron chi connectivity index (χ1n) is 7.56. The zero-order valence-corrected chi connectivity index (χ0v) is 12.5. The molecule has 2 aromatic rings. The number of anilines is 1. The minimum absolute atomic E-state index is 0.106. The number of morpholine rings is 1. The highest BCUT2D eigenvalue weighted by molar-refractivity contribution is 6.24. The van der Waals surface area contributed by atoms with E-state index in [0.29, 0.717) is 35.9 Å². The summed E-state index contributed by atoms with van der Waals surface area (Å²) in [6, 6.07) is 7.35. The van der Waals surface area contributed by atoms with Crippen molar-refractivity contribution in [1.29, 1.82) is 0 Å². The summed E-state index contributed by atoms with van der Waals surface area (Å²) >= 11 is 0. The lowest BCUT2D eigenvalue weighted by Gasteiger charge is -2.25. The molecule has 0 radical (unpaired) electrons. The molecule has 4 rings (SSSR count). The summed E-state index contributed by atoms with van der Waals surface area (Å²) < 4.78 is 5.26. The Bertz CT molecular complexity index is 777. The van der Waals surface area contributed by atoms with Gasteiger partial charge in [0.25, 0.3) is 0 Å².